The van der Waals surface area contributed by atoms with Crippen LogP contribution >= 0.6 is 0 Å². The standard InChI is InChI=1S/C16H28N4O/c1-4-8-18-15-13-17-9-7-14(15)16(21)19-10-12-20(6-3)11-5-2/h7,9,13,18H,4-6,8,10-12H2,1-3H3,(H,19,21). The largest absolute Gasteiger partial charge is 0.383 e. The van der Waals surface area contributed by atoms with Gasteiger partial charge >= 0.3 is 0 Å². The number of hydrogen-bond donors (Lipinski definition) is 2. The highest BCUT2D eigenvalue weighted by molar-refractivity contribution is 5.99. The Balaban J connectivity index is 2.51. The molecule has 0 radical (unpaired) electrons. The van der Waals surface area contributed by atoms with Gasteiger partial charge in [0.15, 0.2) is 0 Å². The zero-order chi connectivity index (χ0) is 15.5. The highest BCUT2D eigenvalue weighted by Crippen LogP contribution is 2.13. The van der Waals surface area contributed by atoms with Gasteiger partial charge in [0.2, 0.25) is 0 Å². The zero-order valence-electron chi connectivity index (χ0n) is 13.5. The summed E-state index contributed by atoms with van der Waals surface area (Å²) >= 11 is 0. The van der Waals surface area contributed by atoms with Crippen LogP contribution in [0.3, 0.4) is 0 Å². The van der Waals surface area contributed by atoms with E-state index in [4.69, 9.17) is 0 Å². The second-order valence-corrected chi connectivity index (χ2v) is 5.04. The van der Waals surface area contributed by atoms with E-state index in [1.54, 1.807) is 18.5 Å². The van der Waals surface area contributed by atoms with Gasteiger partial charge in [0.25, 0.3) is 5.91 Å². The number of carbonyl (C=O) groups is 1. The van der Waals surface area contributed by atoms with Crippen molar-refractivity contribution in [1.29, 1.82) is 0 Å². The van der Waals surface area contributed by atoms with Crippen molar-refractivity contribution < 1.29 is 4.79 Å². The second-order valence-electron chi connectivity index (χ2n) is 5.04. The summed E-state index contributed by atoms with van der Waals surface area (Å²) in [6.45, 7) is 10.9. The maximum absolute atomic E-state index is 12.3. The predicted molar refractivity (Wildman–Crippen MR) is 87.8 cm³/mol. The summed E-state index contributed by atoms with van der Waals surface area (Å²) in [5.41, 5.74) is 1.47. The first-order valence-electron chi connectivity index (χ1n) is 7.91. The van der Waals surface area contributed by atoms with Gasteiger partial charge in [0.1, 0.15) is 0 Å². The quantitative estimate of drug-likeness (QED) is 0.695. The Hall–Kier alpha value is -1.62. The van der Waals surface area contributed by atoms with E-state index in [9.17, 15) is 4.79 Å². The fourth-order valence-electron chi connectivity index (χ4n) is 2.16. The van der Waals surface area contributed by atoms with Gasteiger partial charge in [-0.2, -0.15) is 0 Å². The molecule has 21 heavy (non-hydrogen) atoms. The van der Waals surface area contributed by atoms with Gasteiger partial charge in [0.05, 0.1) is 17.4 Å². The molecule has 1 rings (SSSR count). The van der Waals surface area contributed by atoms with E-state index >= 15 is 0 Å². The lowest BCUT2D eigenvalue weighted by Gasteiger charge is -2.19. The van der Waals surface area contributed by atoms with E-state index in [-0.39, 0.29) is 5.91 Å². The van der Waals surface area contributed by atoms with Crippen molar-refractivity contribution in [2.24, 2.45) is 0 Å². The summed E-state index contributed by atoms with van der Waals surface area (Å²) in [5.74, 6) is -0.0384. The number of nitrogens with zero attached hydrogens (tertiary/aromatic N) is 2. The number of likely N-dealkylation sites (N-methyl/N-ethyl adjacent to an activating group) is 1. The van der Waals surface area contributed by atoms with Crippen molar-refractivity contribution >= 4 is 11.6 Å². The Labute approximate surface area is 128 Å². The molecule has 0 fully saturated rings. The minimum atomic E-state index is -0.0384. The number of pyridine rings is 1. The number of rotatable bonds is 10. The molecule has 0 aliphatic heterocycles. The van der Waals surface area contributed by atoms with Gasteiger partial charge in [-0.1, -0.05) is 20.8 Å². The van der Waals surface area contributed by atoms with E-state index in [1.165, 1.54) is 0 Å². The minimum absolute atomic E-state index is 0.0384. The molecule has 5 heteroatoms. The molecule has 0 unspecified atom stereocenters. The lowest BCUT2D eigenvalue weighted by molar-refractivity contribution is 0.0949. The van der Waals surface area contributed by atoms with Crippen molar-refractivity contribution in [1.82, 2.24) is 15.2 Å². The van der Waals surface area contributed by atoms with E-state index in [0.29, 0.717) is 12.1 Å². The molecule has 5 nitrogen and oxygen atoms in total. The monoisotopic (exact) mass is 292 g/mol. The van der Waals surface area contributed by atoms with Crippen LogP contribution < -0.4 is 10.6 Å². The van der Waals surface area contributed by atoms with Crippen molar-refractivity contribution in [3.05, 3.63) is 24.0 Å². The molecule has 1 aromatic heterocycles. The molecule has 1 aromatic rings. The van der Waals surface area contributed by atoms with Gasteiger partial charge in [-0.15, -0.1) is 0 Å². The molecule has 0 spiro atoms. The van der Waals surface area contributed by atoms with Crippen LogP contribution in [-0.4, -0.2) is 48.5 Å². The van der Waals surface area contributed by atoms with Crippen LogP contribution in [0.25, 0.3) is 0 Å². The number of nitrogens with one attached hydrogen (secondary N) is 2. The summed E-state index contributed by atoms with van der Waals surface area (Å²) in [4.78, 5) is 18.7. The second kappa shape index (κ2) is 10.2. The molecule has 0 atom stereocenters. The normalized spacial score (nSPS) is 10.7. The van der Waals surface area contributed by atoms with E-state index in [1.807, 2.05) is 0 Å². The van der Waals surface area contributed by atoms with Crippen LogP contribution in [0, 0.1) is 0 Å². The Morgan fingerprint density at radius 1 is 1.19 bits per heavy atom. The molecule has 2 N–H and O–H groups in total. The van der Waals surface area contributed by atoms with Gasteiger partial charge in [-0.05, 0) is 32.0 Å². The Morgan fingerprint density at radius 2 is 2.00 bits per heavy atom. The molecule has 0 bridgehead atoms. The van der Waals surface area contributed by atoms with Crippen molar-refractivity contribution in [3.63, 3.8) is 0 Å². The molecule has 0 saturated heterocycles. The number of hydrogen-bond acceptors (Lipinski definition) is 4. The number of amides is 1. The summed E-state index contributed by atoms with van der Waals surface area (Å²) in [5, 5.41) is 6.23. The Kier molecular flexibility index (Phi) is 8.43. The summed E-state index contributed by atoms with van der Waals surface area (Å²) in [7, 11) is 0. The topological polar surface area (TPSA) is 57.3 Å². The van der Waals surface area contributed by atoms with Crippen LogP contribution in [0.15, 0.2) is 18.5 Å². The summed E-state index contributed by atoms with van der Waals surface area (Å²) < 4.78 is 0. The van der Waals surface area contributed by atoms with Crippen LogP contribution in [0.5, 0.6) is 0 Å². The molecule has 0 aliphatic rings. The third-order valence-corrected chi connectivity index (χ3v) is 3.33. The first-order valence-corrected chi connectivity index (χ1v) is 7.91. The van der Waals surface area contributed by atoms with Crippen LogP contribution in [-0.2, 0) is 0 Å². The van der Waals surface area contributed by atoms with Gasteiger partial charge in [-0.25, -0.2) is 0 Å². The van der Waals surface area contributed by atoms with Gasteiger partial charge in [-0.3, -0.25) is 9.78 Å². The molecule has 1 amide bonds. The van der Waals surface area contributed by atoms with Crippen LogP contribution in [0.4, 0.5) is 5.69 Å². The first-order chi connectivity index (χ1) is 10.2. The number of anilines is 1. The number of aromatic nitrogens is 1. The van der Waals surface area contributed by atoms with Gasteiger partial charge < -0.3 is 15.5 Å². The Morgan fingerprint density at radius 3 is 2.67 bits per heavy atom. The fourth-order valence-corrected chi connectivity index (χ4v) is 2.16. The molecule has 0 aromatic carbocycles. The Bertz CT molecular complexity index is 422. The highest BCUT2D eigenvalue weighted by atomic mass is 16.1. The lowest BCUT2D eigenvalue weighted by atomic mass is 10.2. The summed E-state index contributed by atoms with van der Waals surface area (Å²) in [6, 6.07) is 1.76. The third kappa shape index (κ3) is 6.12. The molecule has 0 saturated carbocycles. The zero-order valence-corrected chi connectivity index (χ0v) is 13.5. The predicted octanol–water partition coefficient (Wildman–Crippen LogP) is 2.37. The molecule has 0 aliphatic carbocycles. The van der Waals surface area contributed by atoms with Crippen molar-refractivity contribution in [2.75, 3.05) is 38.0 Å². The van der Waals surface area contributed by atoms with Crippen molar-refractivity contribution in [3.8, 4) is 0 Å². The SMILES string of the molecule is CCCNc1cnccc1C(=O)NCCN(CC)CCC. The van der Waals surface area contributed by atoms with E-state index in [2.05, 4.69) is 41.3 Å². The highest BCUT2D eigenvalue weighted by Gasteiger charge is 2.11. The smallest absolute Gasteiger partial charge is 0.253 e. The maximum atomic E-state index is 12.3. The molecule has 1 heterocycles. The molecule has 118 valence electrons. The van der Waals surface area contributed by atoms with Crippen molar-refractivity contribution in [2.45, 2.75) is 33.6 Å². The minimum Gasteiger partial charge on any atom is -0.383 e. The van der Waals surface area contributed by atoms with E-state index < -0.39 is 0 Å². The lowest BCUT2D eigenvalue weighted by Crippen LogP contribution is -2.35. The van der Waals surface area contributed by atoms with Crippen LogP contribution in [0.2, 0.25) is 0 Å². The third-order valence-electron chi connectivity index (χ3n) is 3.33. The summed E-state index contributed by atoms with van der Waals surface area (Å²) in [6.07, 6.45) is 5.51. The maximum Gasteiger partial charge on any atom is 0.253 e. The van der Waals surface area contributed by atoms with Gasteiger partial charge in [0, 0.05) is 25.8 Å². The van der Waals surface area contributed by atoms with E-state index in [0.717, 1.165) is 44.7 Å². The van der Waals surface area contributed by atoms with Crippen LogP contribution in [0.1, 0.15) is 44.0 Å². The fraction of sp³-hybridized carbons (Fsp3) is 0.625. The average molecular weight is 292 g/mol. The molecular weight excluding hydrogens is 264 g/mol. The molecular formula is C16H28N4O. The first kappa shape index (κ1) is 17.4. The number of carbonyl (C=O) groups excluding carboxylic acids is 1. The average Bonchev–Trinajstić information content (AvgIpc) is 2.52.